The van der Waals surface area contributed by atoms with Gasteiger partial charge in [0.05, 0.1) is 11.4 Å². The molecule has 0 aliphatic heterocycles. The second-order valence-corrected chi connectivity index (χ2v) is 5.30. The van der Waals surface area contributed by atoms with Crippen LogP contribution in [0.3, 0.4) is 0 Å². The summed E-state index contributed by atoms with van der Waals surface area (Å²) >= 11 is 6.11. The summed E-state index contributed by atoms with van der Waals surface area (Å²) < 4.78 is 0. The maximum atomic E-state index is 11.3. The third-order valence-corrected chi connectivity index (χ3v) is 4.28. The molecule has 18 heavy (non-hydrogen) atoms. The van der Waals surface area contributed by atoms with E-state index in [1.54, 1.807) is 0 Å². The highest BCUT2D eigenvalue weighted by molar-refractivity contribution is 6.32. The van der Waals surface area contributed by atoms with Crippen LogP contribution < -0.4 is 0 Å². The summed E-state index contributed by atoms with van der Waals surface area (Å²) in [5, 5.41) is 11.1. The topological polar surface area (TPSA) is 53.1 Å². The molecule has 0 radical (unpaired) electrons. The van der Waals surface area contributed by atoms with Crippen molar-refractivity contribution in [2.75, 3.05) is 0 Å². The van der Waals surface area contributed by atoms with Crippen LogP contribution in [0.4, 0.5) is 0 Å². The fourth-order valence-corrected chi connectivity index (χ4v) is 3.05. The molecule has 3 nitrogen and oxygen atoms in total. The number of carboxylic acids is 1. The summed E-state index contributed by atoms with van der Waals surface area (Å²) in [6.07, 6.45) is 2.58. The number of carboxylic acid groups (broad SMARTS) is 1. The van der Waals surface area contributed by atoms with Crippen LogP contribution in [0.5, 0.6) is 0 Å². The first-order valence-corrected chi connectivity index (χ1v) is 6.49. The van der Waals surface area contributed by atoms with Gasteiger partial charge in [0, 0.05) is 16.1 Å². The van der Waals surface area contributed by atoms with Gasteiger partial charge in [-0.2, -0.15) is 0 Å². The van der Waals surface area contributed by atoms with Gasteiger partial charge in [-0.3, -0.25) is 4.79 Å². The predicted octanol–water partition coefficient (Wildman–Crippen LogP) is 3.63. The van der Waals surface area contributed by atoms with Gasteiger partial charge >= 0.3 is 5.97 Å². The molecular formula is C14H14ClNO2. The van der Waals surface area contributed by atoms with Gasteiger partial charge < -0.3 is 10.1 Å². The smallest absolute Gasteiger partial charge is 0.312 e. The Kier molecular flexibility index (Phi) is 2.59. The van der Waals surface area contributed by atoms with Crippen molar-refractivity contribution in [3.8, 4) is 0 Å². The quantitative estimate of drug-likeness (QED) is 0.825. The molecule has 1 aliphatic rings. The number of rotatable bonds is 1. The average molecular weight is 264 g/mol. The van der Waals surface area contributed by atoms with Crippen molar-refractivity contribution in [3.05, 3.63) is 34.0 Å². The zero-order valence-corrected chi connectivity index (χ0v) is 10.8. The van der Waals surface area contributed by atoms with Gasteiger partial charge in [0.15, 0.2) is 0 Å². The van der Waals surface area contributed by atoms with Gasteiger partial charge in [0.1, 0.15) is 0 Å². The molecule has 1 aromatic heterocycles. The first-order valence-electron chi connectivity index (χ1n) is 6.12. The molecule has 0 fully saturated rings. The Morgan fingerprint density at radius 3 is 3.00 bits per heavy atom. The van der Waals surface area contributed by atoms with Crippen LogP contribution >= 0.6 is 11.6 Å². The Balaban J connectivity index is 2.30. The highest BCUT2D eigenvalue weighted by atomic mass is 35.5. The molecule has 1 heterocycles. The Morgan fingerprint density at radius 2 is 2.28 bits per heavy atom. The molecule has 1 aliphatic carbocycles. The largest absolute Gasteiger partial charge is 0.481 e. The molecule has 0 saturated carbocycles. The lowest BCUT2D eigenvalue weighted by Crippen LogP contribution is -2.17. The molecule has 2 N–H and O–H groups in total. The average Bonchev–Trinajstić information content (AvgIpc) is 2.72. The van der Waals surface area contributed by atoms with Crippen LogP contribution in [0, 0.1) is 6.92 Å². The minimum Gasteiger partial charge on any atom is -0.481 e. The SMILES string of the molecule is Cc1c(Cl)ccc2c3c([nH]c12)C(C(=O)O)CCC3. The van der Waals surface area contributed by atoms with E-state index in [4.69, 9.17) is 11.6 Å². The normalized spacial score (nSPS) is 18.9. The molecule has 0 spiro atoms. The number of aliphatic carboxylic acids is 1. The second kappa shape index (κ2) is 4.02. The standard InChI is InChI=1S/C14H14ClNO2/c1-7-11(15)6-5-9-8-3-2-4-10(14(17)18)13(8)16-12(7)9/h5-6,10,16H,2-4H2,1H3,(H,17,18). The monoisotopic (exact) mass is 263 g/mol. The van der Waals surface area contributed by atoms with Gasteiger partial charge in [-0.25, -0.2) is 0 Å². The lowest BCUT2D eigenvalue weighted by atomic mass is 9.87. The number of fused-ring (bicyclic) bond motifs is 3. The number of aryl methyl sites for hydroxylation is 2. The fraction of sp³-hybridized carbons (Fsp3) is 0.357. The first-order chi connectivity index (χ1) is 8.59. The minimum absolute atomic E-state index is 0.403. The van der Waals surface area contributed by atoms with Gasteiger partial charge in [-0.05, 0) is 43.4 Å². The molecule has 1 atom stereocenters. The number of benzene rings is 1. The van der Waals surface area contributed by atoms with Crippen LogP contribution in [0.1, 0.15) is 35.6 Å². The summed E-state index contributed by atoms with van der Waals surface area (Å²) in [6.45, 7) is 1.96. The molecule has 0 saturated heterocycles. The van der Waals surface area contributed by atoms with Crippen molar-refractivity contribution >= 4 is 28.5 Å². The fourth-order valence-electron chi connectivity index (χ4n) is 2.90. The number of hydrogen-bond donors (Lipinski definition) is 2. The van der Waals surface area contributed by atoms with Crippen LogP contribution in [0.2, 0.25) is 5.02 Å². The van der Waals surface area contributed by atoms with E-state index in [2.05, 4.69) is 4.98 Å². The predicted molar refractivity (Wildman–Crippen MR) is 71.4 cm³/mol. The molecular weight excluding hydrogens is 250 g/mol. The van der Waals surface area contributed by atoms with E-state index in [1.165, 1.54) is 0 Å². The number of aromatic nitrogens is 1. The Bertz CT molecular complexity index is 645. The summed E-state index contributed by atoms with van der Waals surface area (Å²) in [5.41, 5.74) is 4.01. The summed E-state index contributed by atoms with van der Waals surface area (Å²) in [5.74, 6) is -1.15. The number of H-pyrrole nitrogens is 1. The second-order valence-electron chi connectivity index (χ2n) is 4.90. The number of halogens is 1. The van der Waals surface area contributed by atoms with Crippen LogP contribution in [0.15, 0.2) is 12.1 Å². The molecule has 4 heteroatoms. The molecule has 3 rings (SSSR count). The number of nitrogens with one attached hydrogen (secondary N) is 1. The number of aromatic amines is 1. The Labute approximate surface area is 110 Å². The van der Waals surface area contributed by atoms with Gasteiger partial charge in [-0.15, -0.1) is 0 Å². The van der Waals surface area contributed by atoms with E-state index in [-0.39, 0.29) is 0 Å². The van der Waals surface area contributed by atoms with E-state index in [1.807, 2.05) is 19.1 Å². The lowest BCUT2D eigenvalue weighted by Gasteiger charge is -2.18. The summed E-state index contributed by atoms with van der Waals surface area (Å²) in [7, 11) is 0. The molecule has 0 bridgehead atoms. The van der Waals surface area contributed by atoms with E-state index in [0.29, 0.717) is 11.4 Å². The van der Waals surface area contributed by atoms with Crippen molar-refractivity contribution in [2.45, 2.75) is 32.1 Å². The maximum absolute atomic E-state index is 11.3. The summed E-state index contributed by atoms with van der Waals surface area (Å²) in [6, 6.07) is 3.88. The summed E-state index contributed by atoms with van der Waals surface area (Å²) in [4.78, 5) is 14.6. The lowest BCUT2D eigenvalue weighted by molar-refractivity contribution is -0.139. The van der Waals surface area contributed by atoms with E-state index in [0.717, 1.165) is 40.6 Å². The van der Waals surface area contributed by atoms with E-state index < -0.39 is 11.9 Å². The Hall–Kier alpha value is -1.48. The molecule has 1 aromatic carbocycles. The van der Waals surface area contributed by atoms with Crippen LogP contribution in [-0.4, -0.2) is 16.1 Å². The third kappa shape index (κ3) is 1.54. The molecule has 1 unspecified atom stereocenters. The van der Waals surface area contributed by atoms with Crippen molar-refractivity contribution in [1.29, 1.82) is 0 Å². The van der Waals surface area contributed by atoms with Crippen molar-refractivity contribution in [3.63, 3.8) is 0 Å². The van der Waals surface area contributed by atoms with Gasteiger partial charge in [-0.1, -0.05) is 17.7 Å². The van der Waals surface area contributed by atoms with Crippen molar-refractivity contribution in [2.24, 2.45) is 0 Å². The van der Waals surface area contributed by atoms with Crippen LogP contribution in [0.25, 0.3) is 10.9 Å². The number of hydrogen-bond acceptors (Lipinski definition) is 1. The van der Waals surface area contributed by atoms with E-state index >= 15 is 0 Å². The molecule has 2 aromatic rings. The van der Waals surface area contributed by atoms with Gasteiger partial charge in [0.2, 0.25) is 0 Å². The van der Waals surface area contributed by atoms with E-state index in [9.17, 15) is 9.90 Å². The highest BCUT2D eigenvalue weighted by Crippen LogP contribution is 2.38. The van der Waals surface area contributed by atoms with Crippen LogP contribution in [-0.2, 0) is 11.2 Å². The molecule has 94 valence electrons. The van der Waals surface area contributed by atoms with Gasteiger partial charge in [0.25, 0.3) is 0 Å². The Morgan fingerprint density at radius 1 is 1.50 bits per heavy atom. The third-order valence-electron chi connectivity index (χ3n) is 3.87. The highest BCUT2D eigenvalue weighted by Gasteiger charge is 2.29. The van der Waals surface area contributed by atoms with Crippen molar-refractivity contribution in [1.82, 2.24) is 4.98 Å². The number of carbonyl (C=O) groups is 1. The first kappa shape index (κ1) is 11.6. The zero-order chi connectivity index (χ0) is 12.9. The van der Waals surface area contributed by atoms with Crippen molar-refractivity contribution < 1.29 is 9.90 Å². The molecule has 0 amide bonds. The zero-order valence-electron chi connectivity index (χ0n) is 10.1. The maximum Gasteiger partial charge on any atom is 0.312 e. The minimum atomic E-state index is -0.744.